The van der Waals surface area contributed by atoms with Gasteiger partial charge < -0.3 is 25.2 Å². The zero-order chi connectivity index (χ0) is 20.2. The predicted octanol–water partition coefficient (Wildman–Crippen LogP) is 2.13. The standard InChI is InChI=1S/C23H32N6O/c1-2-12-28(11-1)13-10-25-23-20-17-30-16-7-21(20)26-22(27-23)18-3-5-19(6-4-18)29-14-8-24-9-15-29/h3-6,24H,1-2,7-17H2,(H,25,26,27). The van der Waals surface area contributed by atoms with Crippen molar-refractivity contribution in [3.05, 3.63) is 35.5 Å². The van der Waals surface area contributed by atoms with E-state index in [0.29, 0.717) is 6.61 Å². The molecule has 3 aliphatic rings. The summed E-state index contributed by atoms with van der Waals surface area (Å²) in [5.41, 5.74) is 4.60. The van der Waals surface area contributed by atoms with Crippen LogP contribution in [0.5, 0.6) is 0 Å². The van der Waals surface area contributed by atoms with Crippen LogP contribution in [0, 0.1) is 0 Å². The van der Waals surface area contributed by atoms with Crippen LogP contribution in [0.25, 0.3) is 11.4 Å². The zero-order valence-corrected chi connectivity index (χ0v) is 17.7. The normalized spacial score (nSPS) is 19.7. The summed E-state index contributed by atoms with van der Waals surface area (Å²) >= 11 is 0. The minimum Gasteiger partial charge on any atom is -0.376 e. The molecule has 0 saturated carbocycles. The molecule has 1 aromatic heterocycles. The number of hydrogen-bond acceptors (Lipinski definition) is 7. The Morgan fingerprint density at radius 2 is 1.80 bits per heavy atom. The third-order valence-corrected chi connectivity index (χ3v) is 6.35. The number of rotatable bonds is 6. The van der Waals surface area contributed by atoms with Crippen molar-refractivity contribution >= 4 is 11.5 Å². The third kappa shape index (κ3) is 4.43. The van der Waals surface area contributed by atoms with Gasteiger partial charge in [-0.2, -0.15) is 0 Å². The molecule has 0 spiro atoms. The minimum absolute atomic E-state index is 0.601. The van der Waals surface area contributed by atoms with Gasteiger partial charge in [0.1, 0.15) is 5.82 Å². The van der Waals surface area contributed by atoms with Crippen LogP contribution < -0.4 is 15.5 Å². The van der Waals surface area contributed by atoms with Crippen molar-refractivity contribution in [3.63, 3.8) is 0 Å². The van der Waals surface area contributed by atoms with Gasteiger partial charge in [0.2, 0.25) is 0 Å². The van der Waals surface area contributed by atoms with E-state index < -0.39 is 0 Å². The van der Waals surface area contributed by atoms with E-state index in [1.807, 2.05) is 0 Å². The molecule has 2 N–H and O–H groups in total. The minimum atomic E-state index is 0.601. The molecule has 0 radical (unpaired) electrons. The highest BCUT2D eigenvalue weighted by atomic mass is 16.5. The highest BCUT2D eigenvalue weighted by Gasteiger charge is 2.20. The number of likely N-dealkylation sites (tertiary alicyclic amines) is 1. The van der Waals surface area contributed by atoms with Gasteiger partial charge in [0.05, 0.1) is 18.9 Å². The van der Waals surface area contributed by atoms with Gasteiger partial charge in [0.25, 0.3) is 0 Å². The zero-order valence-electron chi connectivity index (χ0n) is 17.7. The molecule has 0 unspecified atom stereocenters. The number of ether oxygens (including phenoxy) is 1. The van der Waals surface area contributed by atoms with Crippen molar-refractivity contribution in [1.29, 1.82) is 0 Å². The van der Waals surface area contributed by atoms with Crippen molar-refractivity contribution in [1.82, 2.24) is 20.2 Å². The molecule has 0 bridgehead atoms. The van der Waals surface area contributed by atoms with Crippen molar-refractivity contribution in [3.8, 4) is 11.4 Å². The number of nitrogens with one attached hydrogen (secondary N) is 2. The van der Waals surface area contributed by atoms with Crippen LogP contribution >= 0.6 is 0 Å². The molecule has 2 aromatic rings. The van der Waals surface area contributed by atoms with E-state index in [-0.39, 0.29) is 0 Å². The van der Waals surface area contributed by atoms with Crippen molar-refractivity contribution in [2.75, 3.05) is 69.2 Å². The molecule has 0 aliphatic carbocycles. The lowest BCUT2D eigenvalue weighted by Crippen LogP contribution is -2.43. The highest BCUT2D eigenvalue weighted by molar-refractivity contribution is 5.63. The van der Waals surface area contributed by atoms with Crippen molar-refractivity contribution in [2.24, 2.45) is 0 Å². The molecule has 30 heavy (non-hydrogen) atoms. The predicted molar refractivity (Wildman–Crippen MR) is 120 cm³/mol. The average molecular weight is 409 g/mol. The van der Waals surface area contributed by atoms with Crippen LogP contribution in [-0.4, -0.2) is 73.8 Å². The van der Waals surface area contributed by atoms with Crippen molar-refractivity contribution in [2.45, 2.75) is 25.9 Å². The monoisotopic (exact) mass is 408 g/mol. The molecule has 0 atom stereocenters. The van der Waals surface area contributed by atoms with E-state index in [1.165, 1.54) is 31.6 Å². The van der Waals surface area contributed by atoms with Crippen LogP contribution in [0.15, 0.2) is 24.3 Å². The number of piperazine rings is 1. The number of fused-ring (bicyclic) bond motifs is 1. The second kappa shape index (κ2) is 9.29. The van der Waals surface area contributed by atoms with E-state index in [0.717, 1.165) is 80.8 Å². The quantitative estimate of drug-likeness (QED) is 0.759. The van der Waals surface area contributed by atoms with Crippen LogP contribution in [0.2, 0.25) is 0 Å². The van der Waals surface area contributed by atoms with Gasteiger partial charge in [-0.15, -0.1) is 0 Å². The van der Waals surface area contributed by atoms with Gasteiger partial charge in [-0.05, 0) is 50.2 Å². The molecular weight excluding hydrogens is 376 g/mol. The summed E-state index contributed by atoms with van der Waals surface area (Å²) in [6.45, 7) is 9.95. The summed E-state index contributed by atoms with van der Waals surface area (Å²) in [4.78, 5) is 14.8. The molecule has 0 amide bonds. The second-order valence-electron chi connectivity index (χ2n) is 8.38. The fourth-order valence-corrected chi connectivity index (χ4v) is 4.59. The van der Waals surface area contributed by atoms with Crippen LogP contribution in [0.4, 0.5) is 11.5 Å². The third-order valence-electron chi connectivity index (χ3n) is 6.35. The maximum atomic E-state index is 5.70. The Balaban J connectivity index is 1.34. The lowest BCUT2D eigenvalue weighted by Gasteiger charge is -2.29. The smallest absolute Gasteiger partial charge is 0.161 e. The van der Waals surface area contributed by atoms with E-state index >= 15 is 0 Å². The molecule has 160 valence electrons. The Morgan fingerprint density at radius 1 is 1.00 bits per heavy atom. The molecule has 4 heterocycles. The molecule has 7 heteroatoms. The molecule has 1 aromatic carbocycles. The van der Waals surface area contributed by atoms with E-state index in [4.69, 9.17) is 14.7 Å². The lowest BCUT2D eigenvalue weighted by atomic mass is 10.1. The Morgan fingerprint density at radius 3 is 2.60 bits per heavy atom. The number of benzene rings is 1. The summed E-state index contributed by atoms with van der Waals surface area (Å²) in [7, 11) is 0. The van der Waals surface area contributed by atoms with Crippen molar-refractivity contribution < 1.29 is 4.74 Å². The Labute approximate surface area is 178 Å². The first-order valence-corrected chi connectivity index (χ1v) is 11.4. The van der Waals surface area contributed by atoms with Crippen LogP contribution in [0.3, 0.4) is 0 Å². The summed E-state index contributed by atoms with van der Waals surface area (Å²) in [6, 6.07) is 8.72. The summed E-state index contributed by atoms with van der Waals surface area (Å²) in [5, 5.41) is 6.99. The number of nitrogens with zero attached hydrogens (tertiary/aromatic N) is 4. The SMILES string of the molecule is c1cc(N2CCNCC2)ccc1-c1nc2c(c(NCCN3CCCC3)n1)COCC2. The average Bonchev–Trinajstić information content (AvgIpc) is 3.33. The topological polar surface area (TPSA) is 65.5 Å². The summed E-state index contributed by atoms with van der Waals surface area (Å²) in [6.07, 6.45) is 3.50. The van der Waals surface area contributed by atoms with E-state index in [1.54, 1.807) is 0 Å². The first-order valence-electron chi connectivity index (χ1n) is 11.4. The van der Waals surface area contributed by atoms with Gasteiger partial charge in [-0.25, -0.2) is 9.97 Å². The fourth-order valence-electron chi connectivity index (χ4n) is 4.59. The molecular formula is C23H32N6O. The first kappa shape index (κ1) is 19.7. The van der Waals surface area contributed by atoms with E-state index in [9.17, 15) is 0 Å². The molecule has 3 aliphatic heterocycles. The first-order chi connectivity index (χ1) is 14.9. The molecule has 7 nitrogen and oxygen atoms in total. The molecule has 2 fully saturated rings. The fraction of sp³-hybridized carbons (Fsp3) is 0.565. The van der Waals surface area contributed by atoms with E-state index in [2.05, 4.69) is 44.7 Å². The Kier molecular flexibility index (Phi) is 6.11. The molecule has 2 saturated heterocycles. The van der Waals surface area contributed by atoms with Crippen LogP contribution in [-0.2, 0) is 17.8 Å². The number of aromatic nitrogens is 2. The second-order valence-corrected chi connectivity index (χ2v) is 8.38. The van der Waals surface area contributed by atoms with Gasteiger partial charge >= 0.3 is 0 Å². The maximum Gasteiger partial charge on any atom is 0.161 e. The lowest BCUT2D eigenvalue weighted by molar-refractivity contribution is 0.109. The summed E-state index contributed by atoms with van der Waals surface area (Å²) in [5.74, 6) is 1.76. The maximum absolute atomic E-state index is 5.70. The van der Waals surface area contributed by atoms with Gasteiger partial charge in [0, 0.05) is 62.5 Å². The van der Waals surface area contributed by atoms with Gasteiger partial charge in [0.15, 0.2) is 5.82 Å². The van der Waals surface area contributed by atoms with Crippen LogP contribution in [0.1, 0.15) is 24.1 Å². The van der Waals surface area contributed by atoms with Gasteiger partial charge in [-0.1, -0.05) is 0 Å². The number of hydrogen-bond donors (Lipinski definition) is 2. The number of anilines is 2. The Hall–Kier alpha value is -2.22. The Bertz CT molecular complexity index is 844. The molecule has 5 rings (SSSR count). The largest absolute Gasteiger partial charge is 0.376 e. The summed E-state index contributed by atoms with van der Waals surface area (Å²) < 4.78 is 5.70. The highest BCUT2D eigenvalue weighted by Crippen LogP contribution is 2.27. The van der Waals surface area contributed by atoms with Gasteiger partial charge in [-0.3, -0.25) is 0 Å².